The van der Waals surface area contributed by atoms with Crippen LogP contribution in [0, 0.1) is 0 Å². The smallest absolute Gasteiger partial charge is 0.227 e. The van der Waals surface area contributed by atoms with E-state index < -0.39 is 0 Å². The van der Waals surface area contributed by atoms with Gasteiger partial charge in [0.2, 0.25) is 5.89 Å². The van der Waals surface area contributed by atoms with E-state index in [-0.39, 0.29) is 0 Å². The molecule has 5 aromatic rings. The van der Waals surface area contributed by atoms with E-state index in [9.17, 15) is 0 Å². The summed E-state index contributed by atoms with van der Waals surface area (Å²) in [5.74, 6) is 0.644. The van der Waals surface area contributed by atoms with Crippen LogP contribution >= 0.6 is 11.6 Å². The predicted molar refractivity (Wildman–Crippen MR) is 107 cm³/mol. The minimum atomic E-state index is 0.644. The average Bonchev–Trinajstić information content (AvgIpc) is 3.12. The number of aromatic nitrogens is 1. The molecule has 3 heteroatoms. The minimum absolute atomic E-state index is 0.644. The molecule has 0 aliphatic heterocycles. The Kier molecular flexibility index (Phi) is 3.51. The van der Waals surface area contributed by atoms with Crippen molar-refractivity contribution in [3.8, 4) is 22.6 Å². The summed E-state index contributed by atoms with van der Waals surface area (Å²) in [4.78, 5) is 4.66. The Labute approximate surface area is 155 Å². The summed E-state index contributed by atoms with van der Waals surface area (Å²) in [6.45, 7) is 0. The van der Waals surface area contributed by atoms with E-state index in [4.69, 9.17) is 16.0 Å². The molecule has 26 heavy (non-hydrogen) atoms. The number of halogens is 1. The number of rotatable bonds is 2. The molecule has 0 saturated heterocycles. The molecule has 0 amide bonds. The molecule has 124 valence electrons. The maximum absolute atomic E-state index is 6.04. The van der Waals surface area contributed by atoms with Crippen LogP contribution in [0.5, 0.6) is 0 Å². The normalized spacial score (nSPS) is 11.3. The fourth-order valence-corrected chi connectivity index (χ4v) is 3.48. The van der Waals surface area contributed by atoms with Crippen molar-refractivity contribution in [1.29, 1.82) is 0 Å². The van der Waals surface area contributed by atoms with Crippen LogP contribution in [-0.2, 0) is 0 Å². The molecule has 5 rings (SSSR count). The lowest BCUT2D eigenvalue weighted by Gasteiger charge is -2.10. The first-order valence-electron chi connectivity index (χ1n) is 8.43. The third-order valence-electron chi connectivity index (χ3n) is 4.60. The number of nitrogens with zero attached hydrogens (tertiary/aromatic N) is 1. The lowest BCUT2D eigenvalue weighted by atomic mass is 9.95. The quantitative estimate of drug-likeness (QED) is 0.342. The highest BCUT2D eigenvalue weighted by atomic mass is 35.5. The molecule has 1 aromatic heterocycles. The minimum Gasteiger partial charge on any atom is -0.436 e. The summed E-state index contributed by atoms with van der Waals surface area (Å²) in [6, 6.07) is 28.3. The zero-order chi connectivity index (χ0) is 17.5. The number of para-hydroxylation sites is 2. The van der Waals surface area contributed by atoms with E-state index in [1.165, 1.54) is 0 Å². The highest BCUT2D eigenvalue weighted by Gasteiger charge is 2.13. The monoisotopic (exact) mass is 355 g/mol. The van der Waals surface area contributed by atoms with Gasteiger partial charge in [0.25, 0.3) is 0 Å². The molecular weight excluding hydrogens is 342 g/mol. The van der Waals surface area contributed by atoms with Gasteiger partial charge in [-0.1, -0.05) is 66.2 Å². The van der Waals surface area contributed by atoms with Crippen molar-refractivity contribution in [3.05, 3.63) is 90.0 Å². The van der Waals surface area contributed by atoms with Gasteiger partial charge in [-0.15, -0.1) is 0 Å². The van der Waals surface area contributed by atoms with Crippen molar-refractivity contribution in [3.63, 3.8) is 0 Å². The molecule has 0 N–H and O–H groups in total. The Morgan fingerprint density at radius 3 is 2.08 bits per heavy atom. The number of fused-ring (bicyclic) bond motifs is 2. The summed E-state index contributed by atoms with van der Waals surface area (Å²) < 4.78 is 5.99. The average molecular weight is 356 g/mol. The second-order valence-electron chi connectivity index (χ2n) is 6.20. The Morgan fingerprint density at radius 1 is 0.654 bits per heavy atom. The van der Waals surface area contributed by atoms with Crippen molar-refractivity contribution in [1.82, 2.24) is 4.98 Å². The molecule has 0 fully saturated rings. The predicted octanol–water partition coefficient (Wildman–Crippen LogP) is 6.97. The second-order valence-corrected chi connectivity index (χ2v) is 6.64. The molecule has 0 atom stereocenters. The van der Waals surface area contributed by atoms with Crippen LogP contribution in [0.3, 0.4) is 0 Å². The third kappa shape index (κ3) is 2.47. The molecule has 0 aliphatic carbocycles. The Hall–Kier alpha value is -3.10. The van der Waals surface area contributed by atoms with E-state index in [0.717, 1.165) is 43.6 Å². The first kappa shape index (κ1) is 15.2. The third-order valence-corrected chi connectivity index (χ3v) is 4.86. The lowest BCUT2D eigenvalue weighted by Crippen LogP contribution is -1.86. The first-order valence-corrected chi connectivity index (χ1v) is 8.81. The number of oxazole rings is 1. The summed E-state index contributed by atoms with van der Waals surface area (Å²) in [5.41, 5.74) is 4.96. The van der Waals surface area contributed by atoms with Crippen molar-refractivity contribution in [2.75, 3.05) is 0 Å². The van der Waals surface area contributed by atoms with Gasteiger partial charge in [0, 0.05) is 10.6 Å². The van der Waals surface area contributed by atoms with Crippen LogP contribution < -0.4 is 0 Å². The van der Waals surface area contributed by atoms with Gasteiger partial charge in [-0.3, -0.25) is 0 Å². The maximum atomic E-state index is 6.04. The van der Waals surface area contributed by atoms with Crippen LogP contribution in [0.25, 0.3) is 44.5 Å². The topological polar surface area (TPSA) is 26.0 Å². The van der Waals surface area contributed by atoms with E-state index in [1.54, 1.807) is 0 Å². The molecule has 0 spiro atoms. The molecule has 0 saturated carbocycles. The largest absolute Gasteiger partial charge is 0.436 e. The van der Waals surface area contributed by atoms with Gasteiger partial charge in [-0.05, 0) is 52.2 Å². The van der Waals surface area contributed by atoms with E-state index in [2.05, 4.69) is 35.3 Å². The van der Waals surface area contributed by atoms with E-state index >= 15 is 0 Å². The summed E-state index contributed by atoms with van der Waals surface area (Å²) >= 11 is 6.04. The number of hydrogen-bond donors (Lipinski definition) is 0. The van der Waals surface area contributed by atoms with Crippen LogP contribution in [0.1, 0.15) is 0 Å². The van der Waals surface area contributed by atoms with Crippen LogP contribution in [0.15, 0.2) is 89.3 Å². The fourth-order valence-electron chi connectivity index (χ4n) is 3.35. The molecule has 0 unspecified atom stereocenters. The van der Waals surface area contributed by atoms with E-state index in [1.807, 2.05) is 54.6 Å². The van der Waals surface area contributed by atoms with Gasteiger partial charge in [0.15, 0.2) is 5.58 Å². The highest BCUT2D eigenvalue weighted by Crippen LogP contribution is 2.36. The number of hydrogen-bond acceptors (Lipinski definition) is 2. The molecule has 1 heterocycles. The van der Waals surface area contributed by atoms with Gasteiger partial charge in [0.1, 0.15) is 5.52 Å². The fraction of sp³-hybridized carbons (Fsp3) is 0. The molecule has 4 aromatic carbocycles. The zero-order valence-corrected chi connectivity index (χ0v) is 14.6. The van der Waals surface area contributed by atoms with Crippen LogP contribution in [-0.4, -0.2) is 4.98 Å². The van der Waals surface area contributed by atoms with Gasteiger partial charge in [-0.25, -0.2) is 4.98 Å². The SMILES string of the molecule is Clc1ccc(-c2ccc(-c3nc4ccccc4o3)c3ccccc23)cc1. The maximum Gasteiger partial charge on any atom is 0.227 e. The first-order chi connectivity index (χ1) is 12.8. The van der Waals surface area contributed by atoms with Gasteiger partial charge < -0.3 is 4.42 Å². The Bertz CT molecular complexity index is 1210. The van der Waals surface area contributed by atoms with Crippen molar-refractivity contribution >= 4 is 33.5 Å². The van der Waals surface area contributed by atoms with Gasteiger partial charge >= 0.3 is 0 Å². The van der Waals surface area contributed by atoms with Gasteiger partial charge in [-0.2, -0.15) is 0 Å². The van der Waals surface area contributed by atoms with Crippen molar-refractivity contribution in [2.24, 2.45) is 0 Å². The zero-order valence-electron chi connectivity index (χ0n) is 13.8. The van der Waals surface area contributed by atoms with Crippen LogP contribution in [0.4, 0.5) is 0 Å². The summed E-state index contributed by atoms with van der Waals surface area (Å²) in [5, 5.41) is 3.02. The standard InChI is InChI=1S/C23H14ClNO/c24-16-11-9-15(10-12-16)17-13-14-20(19-6-2-1-5-18(17)19)23-25-21-7-3-4-8-22(21)26-23/h1-14H. The number of benzene rings is 4. The molecule has 0 bridgehead atoms. The van der Waals surface area contributed by atoms with Crippen molar-refractivity contribution < 1.29 is 4.42 Å². The lowest BCUT2D eigenvalue weighted by molar-refractivity contribution is 0.620. The van der Waals surface area contributed by atoms with Gasteiger partial charge in [0.05, 0.1) is 0 Å². The Morgan fingerprint density at radius 2 is 1.31 bits per heavy atom. The molecular formula is C23H14ClNO. The Balaban J connectivity index is 1.75. The molecule has 2 nitrogen and oxygen atoms in total. The second kappa shape index (κ2) is 6.01. The van der Waals surface area contributed by atoms with E-state index in [0.29, 0.717) is 5.89 Å². The van der Waals surface area contributed by atoms with Crippen molar-refractivity contribution in [2.45, 2.75) is 0 Å². The molecule has 0 aliphatic rings. The highest BCUT2D eigenvalue weighted by molar-refractivity contribution is 6.30. The van der Waals surface area contributed by atoms with Crippen LogP contribution in [0.2, 0.25) is 5.02 Å². The summed E-state index contributed by atoms with van der Waals surface area (Å²) in [7, 11) is 0. The molecule has 0 radical (unpaired) electrons. The summed E-state index contributed by atoms with van der Waals surface area (Å²) in [6.07, 6.45) is 0.